The predicted octanol–water partition coefficient (Wildman–Crippen LogP) is 1.22. The first-order valence-corrected chi connectivity index (χ1v) is 6.49. The molecule has 0 bridgehead atoms. The third kappa shape index (κ3) is 2.69. The van der Waals surface area contributed by atoms with Crippen LogP contribution >= 0.6 is 0 Å². The standard InChI is InChI=1S/C13H24N4/c1-10-13(11(2)17(4)15-10)9-14-8-12-6-5-7-16(12)3/h12,14H,5-9H2,1-4H3/t12-/m1/s1. The van der Waals surface area contributed by atoms with Gasteiger partial charge in [-0.05, 0) is 40.3 Å². The van der Waals surface area contributed by atoms with Crippen LogP contribution in [0.1, 0.15) is 29.8 Å². The van der Waals surface area contributed by atoms with E-state index in [0.717, 1.165) is 18.8 Å². The van der Waals surface area contributed by atoms with Gasteiger partial charge in [0.05, 0.1) is 5.69 Å². The van der Waals surface area contributed by atoms with Crippen molar-refractivity contribution in [1.29, 1.82) is 0 Å². The molecule has 1 aromatic heterocycles. The first-order chi connectivity index (χ1) is 8.09. The Morgan fingerprint density at radius 1 is 1.35 bits per heavy atom. The van der Waals surface area contributed by atoms with Gasteiger partial charge < -0.3 is 10.2 Å². The van der Waals surface area contributed by atoms with E-state index < -0.39 is 0 Å². The molecule has 1 N–H and O–H groups in total. The number of rotatable bonds is 4. The lowest BCUT2D eigenvalue weighted by atomic mass is 10.2. The summed E-state index contributed by atoms with van der Waals surface area (Å²) in [5.41, 5.74) is 3.78. The second-order valence-electron chi connectivity index (χ2n) is 5.18. The lowest BCUT2D eigenvalue weighted by Crippen LogP contribution is -2.35. The SMILES string of the molecule is Cc1nn(C)c(C)c1CNC[C@H]1CCCN1C. The highest BCUT2D eigenvalue weighted by Gasteiger charge is 2.20. The number of hydrogen-bond donors (Lipinski definition) is 1. The minimum atomic E-state index is 0.715. The van der Waals surface area contributed by atoms with Crippen molar-refractivity contribution in [2.24, 2.45) is 7.05 Å². The molecule has 0 spiro atoms. The molecule has 1 aliphatic rings. The largest absolute Gasteiger partial charge is 0.311 e. The summed E-state index contributed by atoms with van der Waals surface area (Å²) in [6.07, 6.45) is 2.67. The maximum atomic E-state index is 4.44. The lowest BCUT2D eigenvalue weighted by Gasteiger charge is -2.19. The molecule has 2 rings (SSSR count). The van der Waals surface area contributed by atoms with Gasteiger partial charge in [-0.15, -0.1) is 0 Å². The van der Waals surface area contributed by atoms with Gasteiger partial charge in [0.15, 0.2) is 0 Å². The van der Waals surface area contributed by atoms with Gasteiger partial charge >= 0.3 is 0 Å². The summed E-state index contributed by atoms with van der Waals surface area (Å²) in [5, 5.41) is 8.02. The third-order valence-corrected chi connectivity index (χ3v) is 4.01. The summed E-state index contributed by atoms with van der Waals surface area (Å²) in [7, 11) is 4.23. The van der Waals surface area contributed by atoms with E-state index >= 15 is 0 Å². The first-order valence-electron chi connectivity index (χ1n) is 6.49. The van der Waals surface area contributed by atoms with Gasteiger partial charge in [-0.1, -0.05) is 0 Å². The fraction of sp³-hybridized carbons (Fsp3) is 0.769. The molecule has 96 valence electrons. The molecule has 0 aliphatic carbocycles. The van der Waals surface area contributed by atoms with Crippen molar-refractivity contribution in [2.75, 3.05) is 20.1 Å². The molecule has 1 fully saturated rings. The van der Waals surface area contributed by atoms with Crippen molar-refractivity contribution < 1.29 is 0 Å². The fourth-order valence-corrected chi connectivity index (χ4v) is 2.67. The van der Waals surface area contributed by atoms with Gasteiger partial charge in [-0.3, -0.25) is 4.68 Å². The molecule has 1 aliphatic heterocycles. The van der Waals surface area contributed by atoms with Crippen LogP contribution in [0.3, 0.4) is 0 Å². The predicted molar refractivity (Wildman–Crippen MR) is 70.0 cm³/mol. The van der Waals surface area contributed by atoms with E-state index in [1.165, 1.54) is 30.6 Å². The maximum absolute atomic E-state index is 4.44. The lowest BCUT2D eigenvalue weighted by molar-refractivity contribution is 0.300. The molecular weight excluding hydrogens is 212 g/mol. The van der Waals surface area contributed by atoms with Crippen LogP contribution in [0.5, 0.6) is 0 Å². The normalized spacial score (nSPS) is 21.3. The van der Waals surface area contributed by atoms with Crippen molar-refractivity contribution in [2.45, 2.75) is 39.3 Å². The Kier molecular flexibility index (Phi) is 3.84. The van der Waals surface area contributed by atoms with E-state index in [4.69, 9.17) is 0 Å². The summed E-state index contributed by atoms with van der Waals surface area (Å²) < 4.78 is 1.97. The van der Waals surface area contributed by atoms with E-state index in [9.17, 15) is 0 Å². The quantitative estimate of drug-likeness (QED) is 0.853. The first kappa shape index (κ1) is 12.6. The van der Waals surface area contributed by atoms with Crippen LogP contribution in [-0.4, -0.2) is 40.9 Å². The number of likely N-dealkylation sites (tertiary alicyclic amines) is 1. The zero-order chi connectivity index (χ0) is 12.4. The number of aryl methyl sites for hydroxylation is 2. The van der Waals surface area contributed by atoms with Crippen LogP contribution < -0.4 is 5.32 Å². The molecule has 1 atom stereocenters. The van der Waals surface area contributed by atoms with Crippen LogP contribution in [-0.2, 0) is 13.6 Å². The van der Waals surface area contributed by atoms with Gasteiger partial charge in [-0.25, -0.2) is 0 Å². The van der Waals surface area contributed by atoms with E-state index in [2.05, 4.69) is 36.2 Å². The molecule has 1 aromatic rings. The van der Waals surface area contributed by atoms with E-state index in [1.54, 1.807) is 0 Å². The van der Waals surface area contributed by atoms with Gasteiger partial charge in [0.1, 0.15) is 0 Å². The Bertz CT molecular complexity index is 383. The summed E-state index contributed by atoms with van der Waals surface area (Å²) in [4.78, 5) is 2.45. The van der Waals surface area contributed by atoms with Crippen LogP contribution in [0.15, 0.2) is 0 Å². The van der Waals surface area contributed by atoms with Crippen LogP contribution in [0, 0.1) is 13.8 Å². The molecule has 2 heterocycles. The molecule has 0 aromatic carbocycles. The van der Waals surface area contributed by atoms with Crippen molar-refractivity contribution in [3.63, 3.8) is 0 Å². The maximum Gasteiger partial charge on any atom is 0.0641 e. The monoisotopic (exact) mass is 236 g/mol. The number of hydrogen-bond acceptors (Lipinski definition) is 3. The number of likely N-dealkylation sites (N-methyl/N-ethyl adjacent to an activating group) is 1. The topological polar surface area (TPSA) is 33.1 Å². The Hall–Kier alpha value is -0.870. The van der Waals surface area contributed by atoms with Gasteiger partial charge in [0.25, 0.3) is 0 Å². The van der Waals surface area contributed by atoms with E-state index in [1.807, 2.05) is 11.7 Å². The molecule has 0 amide bonds. The number of nitrogens with one attached hydrogen (secondary N) is 1. The van der Waals surface area contributed by atoms with Gasteiger partial charge in [0.2, 0.25) is 0 Å². The number of aromatic nitrogens is 2. The molecule has 4 heteroatoms. The van der Waals surface area contributed by atoms with Gasteiger partial charge in [0, 0.05) is 37.4 Å². The molecular formula is C13H24N4. The van der Waals surface area contributed by atoms with E-state index in [-0.39, 0.29) is 0 Å². The van der Waals surface area contributed by atoms with Crippen LogP contribution in [0.4, 0.5) is 0 Å². The summed E-state index contributed by atoms with van der Waals surface area (Å²) in [5.74, 6) is 0. The third-order valence-electron chi connectivity index (χ3n) is 4.01. The summed E-state index contributed by atoms with van der Waals surface area (Å²) in [6, 6.07) is 0.715. The molecule has 17 heavy (non-hydrogen) atoms. The summed E-state index contributed by atoms with van der Waals surface area (Å²) >= 11 is 0. The molecule has 4 nitrogen and oxygen atoms in total. The highest BCUT2D eigenvalue weighted by atomic mass is 15.3. The Labute approximate surface area is 104 Å². The zero-order valence-corrected chi connectivity index (χ0v) is 11.5. The molecule has 0 unspecified atom stereocenters. The van der Waals surface area contributed by atoms with Gasteiger partial charge in [-0.2, -0.15) is 5.10 Å². The zero-order valence-electron chi connectivity index (χ0n) is 11.5. The van der Waals surface area contributed by atoms with Crippen molar-refractivity contribution in [1.82, 2.24) is 20.0 Å². The van der Waals surface area contributed by atoms with E-state index in [0.29, 0.717) is 6.04 Å². The average Bonchev–Trinajstić information content (AvgIpc) is 2.78. The minimum Gasteiger partial charge on any atom is -0.311 e. The van der Waals surface area contributed by atoms with Crippen LogP contribution in [0.2, 0.25) is 0 Å². The Morgan fingerprint density at radius 2 is 2.12 bits per heavy atom. The fourth-order valence-electron chi connectivity index (χ4n) is 2.67. The van der Waals surface area contributed by atoms with Crippen molar-refractivity contribution in [3.8, 4) is 0 Å². The minimum absolute atomic E-state index is 0.715. The highest BCUT2D eigenvalue weighted by molar-refractivity contribution is 5.23. The smallest absolute Gasteiger partial charge is 0.0641 e. The second-order valence-corrected chi connectivity index (χ2v) is 5.18. The number of nitrogens with zero attached hydrogens (tertiary/aromatic N) is 3. The summed E-state index contributed by atoms with van der Waals surface area (Å²) in [6.45, 7) is 7.50. The van der Waals surface area contributed by atoms with Crippen LogP contribution in [0.25, 0.3) is 0 Å². The second kappa shape index (κ2) is 5.19. The molecule has 0 radical (unpaired) electrons. The van der Waals surface area contributed by atoms with Crippen molar-refractivity contribution >= 4 is 0 Å². The Balaban J connectivity index is 1.85. The average molecular weight is 236 g/mol. The van der Waals surface area contributed by atoms with Crippen molar-refractivity contribution in [3.05, 3.63) is 17.0 Å². The molecule has 0 saturated carbocycles. The highest BCUT2D eigenvalue weighted by Crippen LogP contribution is 2.15. The molecule has 1 saturated heterocycles. The Morgan fingerprint density at radius 3 is 2.65 bits per heavy atom.